The van der Waals surface area contributed by atoms with Gasteiger partial charge in [-0.05, 0) is 68.3 Å². The highest BCUT2D eigenvalue weighted by molar-refractivity contribution is 5.78. The van der Waals surface area contributed by atoms with E-state index in [2.05, 4.69) is 31.9 Å². The third kappa shape index (κ3) is 6.32. The first-order chi connectivity index (χ1) is 19.6. The van der Waals surface area contributed by atoms with Gasteiger partial charge < -0.3 is 19.4 Å². The first-order valence-electron chi connectivity index (χ1n) is 14.0. The summed E-state index contributed by atoms with van der Waals surface area (Å²) in [6, 6.07) is 16.9. The number of fused-ring (bicyclic) bond motifs is 1. The van der Waals surface area contributed by atoms with Gasteiger partial charge >= 0.3 is 0 Å². The fourth-order valence-electron chi connectivity index (χ4n) is 5.35. The fourth-order valence-corrected chi connectivity index (χ4v) is 5.35. The van der Waals surface area contributed by atoms with Gasteiger partial charge in [0.25, 0.3) is 0 Å². The van der Waals surface area contributed by atoms with Crippen LogP contribution in [0, 0.1) is 5.82 Å². The Balaban J connectivity index is 1.51. The molecule has 0 spiro atoms. The Kier molecular flexibility index (Phi) is 9.03. The van der Waals surface area contributed by atoms with E-state index in [1.54, 1.807) is 25.4 Å². The van der Waals surface area contributed by atoms with Gasteiger partial charge in [0.15, 0.2) is 0 Å². The molecule has 5 rings (SSSR count). The number of hydrogen-bond acceptors (Lipinski definition) is 7. The summed E-state index contributed by atoms with van der Waals surface area (Å²) in [5, 5.41) is 3.22. The molecule has 9 heteroatoms. The standard InChI is InChI=1S/C31H37FN6O2/c1-4-33-31-34-16-15-27(35-31)30-29(23-9-11-24(32)12-10-23)36-28-14-13-25(38(28)30)21-37(17-18-39-3)20-22-7-6-8-26(19-22)40-5-2/h6-12,15-16,19,25H,4-5,13-14,17-18,20-21H2,1-3H3,(H,33,34,35)/t25-/m0/s1. The molecule has 1 aliphatic heterocycles. The van der Waals surface area contributed by atoms with Crippen molar-refractivity contribution in [1.29, 1.82) is 0 Å². The van der Waals surface area contributed by atoms with Crippen LogP contribution in [0.1, 0.15) is 37.7 Å². The first-order valence-corrected chi connectivity index (χ1v) is 14.0. The SMILES string of the molecule is CCNc1nccc(-c2c(-c3ccc(F)cc3)nc3n2[C@H](CN(CCOC)Cc2cccc(OCC)c2)CC3)n1. The molecule has 0 unspecified atom stereocenters. The Bertz CT molecular complexity index is 1410. The summed E-state index contributed by atoms with van der Waals surface area (Å²) >= 11 is 0. The minimum Gasteiger partial charge on any atom is -0.494 e. The molecule has 210 valence electrons. The lowest BCUT2D eigenvalue weighted by Gasteiger charge is -2.27. The highest BCUT2D eigenvalue weighted by Crippen LogP contribution is 2.39. The predicted octanol–water partition coefficient (Wildman–Crippen LogP) is 5.61. The van der Waals surface area contributed by atoms with Gasteiger partial charge in [-0.1, -0.05) is 12.1 Å². The maximum Gasteiger partial charge on any atom is 0.223 e. The van der Waals surface area contributed by atoms with Crippen LogP contribution in [0.25, 0.3) is 22.6 Å². The number of aryl methyl sites for hydroxylation is 1. The number of ether oxygens (including phenoxy) is 2. The molecule has 1 atom stereocenters. The van der Waals surface area contributed by atoms with Crippen LogP contribution >= 0.6 is 0 Å². The van der Waals surface area contributed by atoms with Crippen LogP contribution in [0.5, 0.6) is 5.75 Å². The van der Waals surface area contributed by atoms with E-state index in [0.29, 0.717) is 19.2 Å². The van der Waals surface area contributed by atoms with Crippen LogP contribution in [0.15, 0.2) is 60.8 Å². The van der Waals surface area contributed by atoms with Crippen molar-refractivity contribution in [2.45, 2.75) is 39.3 Å². The van der Waals surface area contributed by atoms with Crippen molar-refractivity contribution in [3.63, 3.8) is 0 Å². The molecule has 0 saturated carbocycles. The number of hydrogen-bond donors (Lipinski definition) is 1. The molecule has 4 aromatic rings. The van der Waals surface area contributed by atoms with Gasteiger partial charge in [0.1, 0.15) is 17.4 Å². The minimum atomic E-state index is -0.270. The monoisotopic (exact) mass is 544 g/mol. The lowest BCUT2D eigenvalue weighted by molar-refractivity contribution is 0.134. The zero-order valence-corrected chi connectivity index (χ0v) is 23.4. The number of aromatic nitrogens is 4. The van der Waals surface area contributed by atoms with Crippen LogP contribution < -0.4 is 10.1 Å². The van der Waals surface area contributed by atoms with Gasteiger partial charge in [-0.3, -0.25) is 4.90 Å². The lowest BCUT2D eigenvalue weighted by atomic mass is 10.1. The Morgan fingerprint density at radius 2 is 1.95 bits per heavy atom. The van der Waals surface area contributed by atoms with Gasteiger partial charge in [-0.25, -0.2) is 19.3 Å². The van der Waals surface area contributed by atoms with E-state index in [1.165, 1.54) is 17.7 Å². The predicted molar refractivity (Wildman–Crippen MR) is 155 cm³/mol. The van der Waals surface area contributed by atoms with Gasteiger partial charge in [0.2, 0.25) is 5.95 Å². The molecule has 3 heterocycles. The molecule has 2 aromatic heterocycles. The quantitative estimate of drug-likeness (QED) is 0.234. The average Bonchev–Trinajstić information content (AvgIpc) is 3.53. The van der Waals surface area contributed by atoms with E-state index < -0.39 is 0 Å². The maximum absolute atomic E-state index is 13.8. The zero-order chi connectivity index (χ0) is 27.9. The van der Waals surface area contributed by atoms with E-state index in [9.17, 15) is 4.39 Å². The van der Waals surface area contributed by atoms with Gasteiger partial charge in [0, 0.05) is 57.5 Å². The molecule has 0 amide bonds. The molecule has 0 bridgehead atoms. The zero-order valence-electron chi connectivity index (χ0n) is 23.4. The number of nitrogens with one attached hydrogen (secondary N) is 1. The Labute approximate surface area is 235 Å². The number of rotatable bonds is 13. The number of nitrogens with zero attached hydrogens (tertiary/aromatic N) is 5. The summed E-state index contributed by atoms with van der Waals surface area (Å²) in [5.74, 6) is 2.21. The molecule has 2 aromatic carbocycles. The largest absolute Gasteiger partial charge is 0.494 e. The van der Waals surface area contributed by atoms with Crippen molar-refractivity contribution in [3.8, 4) is 28.4 Å². The number of halogens is 1. The van der Waals surface area contributed by atoms with E-state index in [1.807, 2.05) is 32.0 Å². The third-order valence-corrected chi connectivity index (χ3v) is 7.10. The minimum absolute atomic E-state index is 0.191. The summed E-state index contributed by atoms with van der Waals surface area (Å²) in [6.07, 6.45) is 3.61. The first kappa shape index (κ1) is 27.7. The van der Waals surface area contributed by atoms with E-state index in [0.717, 1.165) is 73.2 Å². The summed E-state index contributed by atoms with van der Waals surface area (Å²) in [4.78, 5) is 16.7. The molecule has 8 nitrogen and oxygen atoms in total. The lowest BCUT2D eigenvalue weighted by Crippen LogP contribution is -2.32. The van der Waals surface area contributed by atoms with Gasteiger partial charge in [-0.2, -0.15) is 0 Å². The summed E-state index contributed by atoms with van der Waals surface area (Å²) < 4.78 is 27.3. The van der Waals surface area contributed by atoms with E-state index in [4.69, 9.17) is 19.4 Å². The second-order valence-corrected chi connectivity index (χ2v) is 9.90. The smallest absolute Gasteiger partial charge is 0.223 e. The van der Waals surface area contributed by atoms with Crippen molar-refractivity contribution in [1.82, 2.24) is 24.4 Å². The second kappa shape index (κ2) is 13.0. The molecular weight excluding hydrogens is 507 g/mol. The summed E-state index contributed by atoms with van der Waals surface area (Å²) in [7, 11) is 1.74. The van der Waals surface area contributed by atoms with Crippen LogP contribution in [0.2, 0.25) is 0 Å². The molecule has 0 aliphatic carbocycles. The fraction of sp³-hybridized carbons (Fsp3) is 0.387. The summed E-state index contributed by atoms with van der Waals surface area (Å²) in [5.41, 5.74) is 4.61. The molecule has 40 heavy (non-hydrogen) atoms. The molecule has 1 N–H and O–H groups in total. The molecule has 0 radical (unpaired) electrons. The maximum atomic E-state index is 13.8. The van der Waals surface area contributed by atoms with Crippen molar-refractivity contribution in [2.24, 2.45) is 0 Å². The van der Waals surface area contributed by atoms with Crippen LogP contribution in [0.4, 0.5) is 10.3 Å². The van der Waals surface area contributed by atoms with E-state index >= 15 is 0 Å². The second-order valence-electron chi connectivity index (χ2n) is 9.90. The highest BCUT2D eigenvalue weighted by Gasteiger charge is 2.32. The van der Waals surface area contributed by atoms with Gasteiger partial charge in [-0.15, -0.1) is 0 Å². The number of methoxy groups -OCH3 is 1. The Morgan fingerprint density at radius 1 is 1.10 bits per heavy atom. The molecular formula is C31H37FN6O2. The van der Waals surface area contributed by atoms with E-state index in [-0.39, 0.29) is 11.9 Å². The van der Waals surface area contributed by atoms with Crippen molar-refractivity contribution < 1.29 is 13.9 Å². The molecule has 0 saturated heterocycles. The molecule has 1 aliphatic rings. The number of imidazole rings is 1. The van der Waals surface area contributed by atoms with Gasteiger partial charge in [0.05, 0.1) is 30.3 Å². The Hall–Kier alpha value is -3.82. The topological polar surface area (TPSA) is 77.3 Å². The third-order valence-electron chi connectivity index (χ3n) is 7.10. The average molecular weight is 545 g/mol. The van der Waals surface area contributed by atoms with Crippen molar-refractivity contribution >= 4 is 5.95 Å². The Morgan fingerprint density at radius 3 is 2.73 bits per heavy atom. The van der Waals surface area contributed by atoms with Crippen LogP contribution in [-0.4, -0.2) is 64.4 Å². The number of anilines is 1. The summed E-state index contributed by atoms with van der Waals surface area (Å²) in [6.45, 7) is 8.42. The van der Waals surface area contributed by atoms with Crippen molar-refractivity contribution in [2.75, 3.05) is 45.3 Å². The van der Waals surface area contributed by atoms with Crippen LogP contribution in [-0.2, 0) is 17.7 Å². The van der Waals surface area contributed by atoms with Crippen LogP contribution in [0.3, 0.4) is 0 Å². The highest BCUT2D eigenvalue weighted by atomic mass is 19.1. The normalized spacial score (nSPS) is 14.5. The molecule has 0 fully saturated rings. The number of benzene rings is 2. The van der Waals surface area contributed by atoms with Crippen molar-refractivity contribution in [3.05, 3.63) is 78.0 Å².